The van der Waals surface area contributed by atoms with Crippen molar-refractivity contribution < 1.29 is 0 Å². The van der Waals surface area contributed by atoms with Crippen LogP contribution in [0.3, 0.4) is 0 Å². The van der Waals surface area contributed by atoms with Gasteiger partial charge in [-0.05, 0) is 24.6 Å². The quantitative estimate of drug-likeness (QED) is 0.880. The largest absolute Gasteiger partial charge is 0.389 e. The van der Waals surface area contributed by atoms with Gasteiger partial charge in [-0.15, -0.1) is 0 Å². The molecule has 3 N–H and O–H groups in total. The lowest BCUT2D eigenvalue weighted by atomic mass is 10.1. The van der Waals surface area contributed by atoms with E-state index in [1.54, 1.807) is 6.20 Å². The zero-order chi connectivity index (χ0) is 11.5. The highest BCUT2D eigenvalue weighted by molar-refractivity contribution is 7.19. The molecular formula is C11H12ClN3S. The Kier molecular flexibility index (Phi) is 3.31. The summed E-state index contributed by atoms with van der Waals surface area (Å²) in [6.07, 6.45) is 1.65. The lowest BCUT2D eigenvalue weighted by molar-refractivity contribution is 0.882. The van der Waals surface area contributed by atoms with Crippen molar-refractivity contribution >= 4 is 33.1 Å². The molecule has 16 heavy (non-hydrogen) atoms. The highest BCUT2D eigenvalue weighted by Crippen LogP contribution is 2.25. The number of hydrogen-bond donors (Lipinski definition) is 2. The van der Waals surface area contributed by atoms with Crippen molar-refractivity contribution in [2.24, 2.45) is 0 Å². The molecule has 1 atom stereocenters. The van der Waals surface area contributed by atoms with Gasteiger partial charge in [-0.1, -0.05) is 35.1 Å². The lowest BCUT2D eigenvalue weighted by Gasteiger charge is -2.13. The van der Waals surface area contributed by atoms with Crippen LogP contribution in [0.2, 0.25) is 5.02 Å². The first-order valence-electron chi connectivity index (χ1n) is 4.88. The summed E-state index contributed by atoms with van der Waals surface area (Å²) >= 11 is 7.37. The summed E-state index contributed by atoms with van der Waals surface area (Å²) in [6, 6.07) is 7.92. The summed E-state index contributed by atoms with van der Waals surface area (Å²) in [6.45, 7) is 2.06. The maximum absolute atomic E-state index is 5.94. The summed E-state index contributed by atoms with van der Waals surface area (Å²) in [5, 5.41) is 5.55. The second-order valence-electron chi connectivity index (χ2n) is 3.49. The number of nitrogens with two attached hydrogens (primary N) is 1. The van der Waals surface area contributed by atoms with E-state index in [9.17, 15) is 0 Å². The molecule has 2 aromatic rings. The number of benzene rings is 1. The highest BCUT2D eigenvalue weighted by atomic mass is 35.5. The van der Waals surface area contributed by atoms with Gasteiger partial charge in [0.1, 0.15) is 5.00 Å². The Morgan fingerprint density at radius 1 is 1.50 bits per heavy atom. The molecule has 0 radical (unpaired) electrons. The Balaban J connectivity index is 2.11. The van der Waals surface area contributed by atoms with Crippen molar-refractivity contribution in [1.29, 1.82) is 0 Å². The summed E-state index contributed by atoms with van der Waals surface area (Å²) in [4.78, 5) is 4.15. The molecule has 5 heteroatoms. The van der Waals surface area contributed by atoms with E-state index in [-0.39, 0.29) is 6.04 Å². The first kappa shape index (κ1) is 11.2. The summed E-state index contributed by atoms with van der Waals surface area (Å²) in [5.41, 5.74) is 6.74. The monoisotopic (exact) mass is 253 g/mol. The third-order valence-electron chi connectivity index (χ3n) is 2.21. The predicted molar refractivity (Wildman–Crippen MR) is 70.0 cm³/mol. The Labute approximate surface area is 103 Å². The molecule has 0 saturated heterocycles. The minimum Gasteiger partial charge on any atom is -0.389 e. The molecule has 0 spiro atoms. The number of rotatable bonds is 3. The molecule has 0 aliphatic rings. The first-order valence-corrected chi connectivity index (χ1v) is 6.08. The summed E-state index contributed by atoms with van der Waals surface area (Å²) in [7, 11) is 0. The number of aromatic nitrogens is 1. The third kappa shape index (κ3) is 2.65. The fourth-order valence-corrected chi connectivity index (χ4v) is 2.27. The molecule has 0 aliphatic carbocycles. The van der Waals surface area contributed by atoms with Crippen LogP contribution >= 0.6 is 22.9 Å². The molecule has 1 heterocycles. The van der Waals surface area contributed by atoms with E-state index >= 15 is 0 Å². The van der Waals surface area contributed by atoms with Crippen LogP contribution in [0.25, 0.3) is 0 Å². The Morgan fingerprint density at radius 2 is 2.31 bits per heavy atom. The number of halogens is 1. The normalized spacial score (nSPS) is 12.4. The van der Waals surface area contributed by atoms with E-state index in [0.717, 1.165) is 15.7 Å². The van der Waals surface area contributed by atoms with E-state index in [2.05, 4.69) is 17.2 Å². The SMILES string of the molecule is CC(Nc1ncc(N)s1)c1cccc(Cl)c1. The van der Waals surface area contributed by atoms with Gasteiger partial charge in [0.15, 0.2) is 5.13 Å². The maximum atomic E-state index is 5.94. The molecule has 1 aromatic heterocycles. The average Bonchev–Trinajstić information content (AvgIpc) is 2.64. The van der Waals surface area contributed by atoms with Crippen molar-refractivity contribution in [3.8, 4) is 0 Å². The molecule has 2 rings (SSSR count). The zero-order valence-electron chi connectivity index (χ0n) is 8.77. The van der Waals surface area contributed by atoms with Gasteiger partial charge in [0, 0.05) is 5.02 Å². The van der Waals surface area contributed by atoms with Gasteiger partial charge in [0.2, 0.25) is 0 Å². The Morgan fingerprint density at radius 3 is 2.94 bits per heavy atom. The number of thiazole rings is 1. The van der Waals surface area contributed by atoms with Gasteiger partial charge in [-0.2, -0.15) is 0 Å². The van der Waals surface area contributed by atoms with Crippen LogP contribution in [0, 0.1) is 0 Å². The zero-order valence-corrected chi connectivity index (χ0v) is 10.3. The second-order valence-corrected chi connectivity index (χ2v) is 4.99. The fourth-order valence-electron chi connectivity index (χ4n) is 1.40. The molecule has 84 valence electrons. The van der Waals surface area contributed by atoms with Crippen LogP contribution in [0.1, 0.15) is 18.5 Å². The average molecular weight is 254 g/mol. The molecule has 0 aliphatic heterocycles. The number of nitrogen functional groups attached to an aromatic ring is 1. The van der Waals surface area contributed by atoms with Crippen molar-refractivity contribution in [1.82, 2.24) is 4.98 Å². The lowest BCUT2D eigenvalue weighted by Crippen LogP contribution is -2.05. The van der Waals surface area contributed by atoms with E-state index in [0.29, 0.717) is 5.00 Å². The minimum atomic E-state index is 0.157. The van der Waals surface area contributed by atoms with Gasteiger partial charge in [0.05, 0.1) is 12.2 Å². The van der Waals surface area contributed by atoms with Gasteiger partial charge < -0.3 is 11.1 Å². The molecular weight excluding hydrogens is 242 g/mol. The first-order chi connectivity index (χ1) is 7.65. The molecule has 1 unspecified atom stereocenters. The molecule has 1 aromatic carbocycles. The van der Waals surface area contributed by atoms with Crippen LogP contribution in [0.4, 0.5) is 10.1 Å². The van der Waals surface area contributed by atoms with Gasteiger partial charge in [-0.3, -0.25) is 0 Å². The smallest absolute Gasteiger partial charge is 0.185 e. The Hall–Kier alpha value is -1.26. The fraction of sp³-hybridized carbons (Fsp3) is 0.182. The maximum Gasteiger partial charge on any atom is 0.185 e. The summed E-state index contributed by atoms with van der Waals surface area (Å²) in [5.74, 6) is 0. The summed E-state index contributed by atoms with van der Waals surface area (Å²) < 4.78 is 0. The number of nitrogens with one attached hydrogen (secondary N) is 1. The van der Waals surface area contributed by atoms with Crippen molar-refractivity contribution in [2.45, 2.75) is 13.0 Å². The van der Waals surface area contributed by atoms with Crippen LogP contribution in [0.5, 0.6) is 0 Å². The highest BCUT2D eigenvalue weighted by Gasteiger charge is 2.07. The molecule has 0 amide bonds. The van der Waals surface area contributed by atoms with Crippen LogP contribution in [0.15, 0.2) is 30.5 Å². The van der Waals surface area contributed by atoms with Gasteiger partial charge >= 0.3 is 0 Å². The number of anilines is 2. The molecule has 3 nitrogen and oxygen atoms in total. The van der Waals surface area contributed by atoms with Crippen molar-refractivity contribution in [3.05, 3.63) is 41.0 Å². The molecule has 0 saturated carbocycles. The van der Waals surface area contributed by atoms with E-state index in [1.807, 2.05) is 24.3 Å². The van der Waals surface area contributed by atoms with E-state index in [4.69, 9.17) is 17.3 Å². The minimum absolute atomic E-state index is 0.157. The predicted octanol–water partition coefficient (Wildman–Crippen LogP) is 3.55. The topological polar surface area (TPSA) is 50.9 Å². The van der Waals surface area contributed by atoms with Gasteiger partial charge in [-0.25, -0.2) is 4.98 Å². The van der Waals surface area contributed by atoms with Crippen molar-refractivity contribution in [2.75, 3.05) is 11.1 Å². The number of nitrogens with zero attached hydrogens (tertiary/aromatic N) is 1. The Bertz CT molecular complexity index is 484. The molecule has 0 fully saturated rings. The van der Waals surface area contributed by atoms with Crippen LogP contribution in [-0.2, 0) is 0 Å². The third-order valence-corrected chi connectivity index (χ3v) is 3.21. The van der Waals surface area contributed by atoms with E-state index < -0.39 is 0 Å². The standard InChI is InChI=1S/C11H12ClN3S/c1-7(8-3-2-4-9(12)5-8)15-11-14-6-10(13)16-11/h2-7H,13H2,1H3,(H,14,15). The van der Waals surface area contributed by atoms with Crippen LogP contribution < -0.4 is 11.1 Å². The second kappa shape index (κ2) is 4.72. The number of hydrogen-bond acceptors (Lipinski definition) is 4. The van der Waals surface area contributed by atoms with Crippen molar-refractivity contribution in [3.63, 3.8) is 0 Å². The molecule has 0 bridgehead atoms. The van der Waals surface area contributed by atoms with E-state index in [1.165, 1.54) is 11.3 Å². The van der Waals surface area contributed by atoms with Gasteiger partial charge in [0.25, 0.3) is 0 Å². The van der Waals surface area contributed by atoms with Crippen LogP contribution in [-0.4, -0.2) is 4.98 Å².